The number of aliphatic carboxylic acids is 1. The van der Waals surface area contributed by atoms with Gasteiger partial charge in [-0.1, -0.05) is 48.5 Å². The van der Waals surface area contributed by atoms with E-state index in [4.69, 9.17) is 11.1 Å². The second-order valence-corrected chi connectivity index (χ2v) is 8.61. The lowest BCUT2D eigenvalue weighted by atomic mass is 10.1. The molecule has 1 atom stereocenters. The van der Waals surface area contributed by atoms with Crippen LogP contribution in [0.5, 0.6) is 0 Å². The summed E-state index contributed by atoms with van der Waals surface area (Å²) >= 11 is 0. The van der Waals surface area contributed by atoms with Crippen LogP contribution in [-0.2, 0) is 22.6 Å². The molecule has 9 heteroatoms. The predicted octanol–water partition coefficient (Wildman–Crippen LogP) is 3.06. The van der Waals surface area contributed by atoms with Gasteiger partial charge in [-0.3, -0.25) is 19.8 Å². The molecule has 0 fully saturated rings. The van der Waals surface area contributed by atoms with E-state index < -0.39 is 12.0 Å². The number of hydrogen-bond acceptors (Lipinski definition) is 5. The van der Waals surface area contributed by atoms with Crippen LogP contribution in [0.25, 0.3) is 0 Å². The van der Waals surface area contributed by atoms with Crippen LogP contribution in [0.2, 0.25) is 0 Å². The first kappa shape index (κ1) is 24.5. The predicted molar refractivity (Wildman–Crippen MR) is 137 cm³/mol. The van der Waals surface area contributed by atoms with Crippen molar-refractivity contribution in [3.63, 3.8) is 0 Å². The van der Waals surface area contributed by atoms with Gasteiger partial charge in [-0.25, -0.2) is 0 Å². The van der Waals surface area contributed by atoms with E-state index in [0.29, 0.717) is 42.0 Å². The van der Waals surface area contributed by atoms with Crippen molar-refractivity contribution in [2.24, 2.45) is 5.73 Å². The number of benzene rings is 3. The van der Waals surface area contributed by atoms with Gasteiger partial charge in [0.2, 0.25) is 5.91 Å². The summed E-state index contributed by atoms with van der Waals surface area (Å²) < 4.78 is 0. The molecule has 0 saturated carbocycles. The number of nitrogens with zero attached hydrogens (tertiary/aromatic N) is 1. The molecule has 0 radical (unpaired) electrons. The van der Waals surface area contributed by atoms with Crippen molar-refractivity contribution >= 4 is 35.0 Å². The third-order valence-corrected chi connectivity index (χ3v) is 6.02. The van der Waals surface area contributed by atoms with Crippen LogP contribution in [0.15, 0.2) is 72.8 Å². The molecule has 0 saturated heterocycles. The largest absolute Gasteiger partial charge is 0.481 e. The average molecular weight is 486 g/mol. The standard InChI is InChI=1S/C27H27N5O4/c28-25(29)18-6-8-19(9-7-18)26(35)30-21-11-10-20-16-32(13-12-17-4-2-1-3-5-17)27(36)23(15-24(33)34)31-22(20)14-21/h1-11,14,23,31H,12-13,15-16H2,(H3,28,29)(H,30,35)(H,33,34)/t23-/m1/s1. The lowest BCUT2D eigenvalue weighted by Crippen LogP contribution is -2.42. The normalized spacial score (nSPS) is 14.8. The van der Waals surface area contributed by atoms with Crippen LogP contribution in [-0.4, -0.2) is 46.2 Å². The Labute approximate surface area is 208 Å². The van der Waals surface area contributed by atoms with Gasteiger partial charge in [0, 0.05) is 35.6 Å². The zero-order valence-electron chi connectivity index (χ0n) is 19.5. The Hall–Kier alpha value is -4.66. The van der Waals surface area contributed by atoms with Crippen LogP contribution in [0, 0.1) is 5.41 Å². The highest BCUT2D eigenvalue weighted by Crippen LogP contribution is 2.28. The number of carbonyl (C=O) groups excluding carboxylic acids is 2. The molecule has 0 aromatic heterocycles. The highest BCUT2D eigenvalue weighted by Gasteiger charge is 2.31. The molecule has 1 aliphatic heterocycles. The molecule has 0 bridgehead atoms. The van der Waals surface area contributed by atoms with Gasteiger partial charge in [-0.15, -0.1) is 0 Å². The maximum Gasteiger partial charge on any atom is 0.305 e. The van der Waals surface area contributed by atoms with Crippen LogP contribution in [0.1, 0.15) is 33.5 Å². The summed E-state index contributed by atoms with van der Waals surface area (Å²) in [4.78, 5) is 39.1. The van der Waals surface area contributed by atoms with Crippen molar-refractivity contribution in [2.45, 2.75) is 25.4 Å². The molecule has 4 rings (SSSR count). The molecule has 1 heterocycles. The van der Waals surface area contributed by atoms with Crippen LogP contribution in [0.3, 0.4) is 0 Å². The van der Waals surface area contributed by atoms with Gasteiger partial charge in [0.15, 0.2) is 0 Å². The number of carbonyl (C=O) groups is 3. The molecular weight excluding hydrogens is 458 g/mol. The number of nitrogens with one attached hydrogen (secondary N) is 3. The lowest BCUT2D eigenvalue weighted by molar-refractivity contribution is -0.141. The first-order valence-corrected chi connectivity index (χ1v) is 11.5. The van der Waals surface area contributed by atoms with Crippen molar-refractivity contribution < 1.29 is 19.5 Å². The Balaban J connectivity index is 1.53. The molecule has 6 N–H and O–H groups in total. The Morgan fingerprint density at radius 2 is 1.75 bits per heavy atom. The number of carboxylic acid groups (broad SMARTS) is 1. The Bertz CT molecular complexity index is 1290. The number of amidine groups is 1. The summed E-state index contributed by atoms with van der Waals surface area (Å²) in [5.74, 6) is -1.78. The molecule has 3 aromatic carbocycles. The number of amides is 2. The molecule has 9 nitrogen and oxygen atoms in total. The third-order valence-electron chi connectivity index (χ3n) is 6.02. The molecule has 36 heavy (non-hydrogen) atoms. The number of nitrogen functional groups attached to an aromatic ring is 1. The minimum absolute atomic E-state index is 0.0814. The average Bonchev–Trinajstić information content (AvgIpc) is 2.99. The number of hydrogen-bond donors (Lipinski definition) is 5. The van der Waals surface area contributed by atoms with E-state index in [1.807, 2.05) is 36.4 Å². The van der Waals surface area contributed by atoms with Crippen molar-refractivity contribution in [3.8, 4) is 0 Å². The SMILES string of the molecule is N=C(N)c1ccc(C(=O)Nc2ccc3c(c2)N[C@H](CC(=O)O)C(=O)N(CCc2ccccc2)C3)cc1. The van der Waals surface area contributed by atoms with Crippen LogP contribution >= 0.6 is 0 Å². The smallest absolute Gasteiger partial charge is 0.305 e. The number of fused-ring (bicyclic) bond motifs is 1. The van der Waals surface area contributed by atoms with E-state index in [2.05, 4.69) is 10.6 Å². The molecule has 1 aliphatic rings. The first-order valence-electron chi connectivity index (χ1n) is 11.5. The van der Waals surface area contributed by atoms with Gasteiger partial charge in [0.25, 0.3) is 5.91 Å². The molecule has 0 aliphatic carbocycles. The number of carboxylic acids is 1. The minimum Gasteiger partial charge on any atom is -0.481 e. The maximum absolute atomic E-state index is 13.2. The van der Waals surface area contributed by atoms with Gasteiger partial charge in [-0.2, -0.15) is 0 Å². The van der Waals surface area contributed by atoms with Crippen molar-refractivity contribution in [1.82, 2.24) is 4.90 Å². The summed E-state index contributed by atoms with van der Waals surface area (Å²) in [6, 6.07) is 20.5. The lowest BCUT2D eigenvalue weighted by Gasteiger charge is -2.24. The molecule has 2 amide bonds. The zero-order chi connectivity index (χ0) is 25.7. The van der Waals surface area contributed by atoms with E-state index in [-0.39, 0.29) is 24.1 Å². The topological polar surface area (TPSA) is 149 Å². The van der Waals surface area contributed by atoms with Gasteiger partial charge in [0.1, 0.15) is 11.9 Å². The van der Waals surface area contributed by atoms with Gasteiger partial charge < -0.3 is 26.4 Å². The molecule has 3 aromatic rings. The number of anilines is 2. The van der Waals surface area contributed by atoms with Crippen molar-refractivity contribution in [3.05, 3.63) is 95.1 Å². The highest BCUT2D eigenvalue weighted by molar-refractivity contribution is 6.05. The second-order valence-electron chi connectivity index (χ2n) is 8.61. The molecule has 0 unspecified atom stereocenters. The van der Waals surface area contributed by atoms with Crippen molar-refractivity contribution in [2.75, 3.05) is 17.2 Å². The molecule has 184 valence electrons. The van der Waals surface area contributed by atoms with Crippen molar-refractivity contribution in [1.29, 1.82) is 5.41 Å². The van der Waals surface area contributed by atoms with Gasteiger partial charge >= 0.3 is 5.97 Å². The Morgan fingerprint density at radius 1 is 1.06 bits per heavy atom. The fraction of sp³-hybridized carbons (Fsp3) is 0.185. The maximum atomic E-state index is 13.2. The fourth-order valence-electron chi connectivity index (χ4n) is 4.10. The quantitative estimate of drug-likeness (QED) is 0.245. The number of nitrogens with two attached hydrogens (primary N) is 1. The van der Waals surface area contributed by atoms with Crippen LogP contribution in [0.4, 0.5) is 11.4 Å². The van der Waals surface area contributed by atoms with E-state index in [0.717, 1.165) is 11.1 Å². The van der Waals surface area contributed by atoms with E-state index in [1.165, 1.54) is 0 Å². The summed E-state index contributed by atoms with van der Waals surface area (Å²) in [5, 5.41) is 22.7. The summed E-state index contributed by atoms with van der Waals surface area (Å²) in [7, 11) is 0. The first-order chi connectivity index (χ1) is 17.3. The Kier molecular flexibility index (Phi) is 7.29. The third kappa shape index (κ3) is 5.87. The van der Waals surface area contributed by atoms with Gasteiger partial charge in [0.05, 0.1) is 6.42 Å². The Morgan fingerprint density at radius 3 is 2.42 bits per heavy atom. The summed E-state index contributed by atoms with van der Waals surface area (Å²) in [6.07, 6.45) is 0.289. The van der Waals surface area contributed by atoms with Crippen LogP contribution < -0.4 is 16.4 Å². The van der Waals surface area contributed by atoms with E-state index >= 15 is 0 Å². The fourth-order valence-corrected chi connectivity index (χ4v) is 4.10. The van der Waals surface area contributed by atoms with E-state index in [9.17, 15) is 19.5 Å². The monoisotopic (exact) mass is 485 g/mol. The highest BCUT2D eigenvalue weighted by atomic mass is 16.4. The molecular formula is C27H27N5O4. The zero-order valence-corrected chi connectivity index (χ0v) is 19.5. The summed E-state index contributed by atoms with van der Waals surface area (Å²) in [5.41, 5.74) is 9.40. The molecule has 0 spiro atoms. The minimum atomic E-state index is -1.08. The second kappa shape index (κ2) is 10.7. The van der Waals surface area contributed by atoms with Gasteiger partial charge in [-0.05, 0) is 41.8 Å². The number of rotatable bonds is 8. The summed E-state index contributed by atoms with van der Waals surface area (Å²) in [6.45, 7) is 0.777. The van der Waals surface area contributed by atoms with E-state index in [1.54, 1.807) is 41.3 Å².